The summed E-state index contributed by atoms with van der Waals surface area (Å²) >= 11 is 0. The lowest BCUT2D eigenvalue weighted by molar-refractivity contribution is -0.116. The Kier molecular flexibility index (Phi) is 6.69. The Morgan fingerprint density at radius 2 is 2.00 bits per heavy atom. The van der Waals surface area contributed by atoms with Crippen molar-refractivity contribution in [3.63, 3.8) is 0 Å². The second-order valence-electron chi connectivity index (χ2n) is 7.36. The van der Waals surface area contributed by atoms with Crippen LogP contribution in [0.15, 0.2) is 47.5 Å². The van der Waals surface area contributed by atoms with E-state index < -0.39 is 0 Å². The van der Waals surface area contributed by atoms with Crippen LogP contribution in [0.5, 0.6) is 0 Å². The van der Waals surface area contributed by atoms with Crippen molar-refractivity contribution in [3.05, 3.63) is 64.7 Å². The van der Waals surface area contributed by atoms with E-state index in [0.717, 1.165) is 36.7 Å². The van der Waals surface area contributed by atoms with Crippen LogP contribution in [0.3, 0.4) is 0 Å². The van der Waals surface area contributed by atoms with Crippen LogP contribution in [-0.2, 0) is 11.2 Å². The van der Waals surface area contributed by atoms with E-state index in [9.17, 15) is 4.79 Å². The molecule has 0 spiro atoms. The number of nitrogens with one attached hydrogen (secondary N) is 3. The minimum absolute atomic E-state index is 0.0618. The van der Waals surface area contributed by atoms with E-state index in [-0.39, 0.29) is 11.8 Å². The molecule has 5 nitrogen and oxygen atoms in total. The number of fused-ring (bicyclic) bond motifs is 1. The molecular formula is C23H30N4O. The smallest absolute Gasteiger partial charge is 0.225 e. The molecule has 1 heterocycles. The molecule has 1 aliphatic rings. The van der Waals surface area contributed by atoms with Crippen molar-refractivity contribution < 1.29 is 4.79 Å². The van der Waals surface area contributed by atoms with E-state index in [2.05, 4.69) is 61.0 Å². The Hall–Kier alpha value is -2.82. The number of rotatable bonds is 6. The number of amides is 1. The van der Waals surface area contributed by atoms with Crippen LogP contribution in [0, 0.1) is 13.8 Å². The number of hydrogen-bond donors (Lipinski definition) is 3. The second kappa shape index (κ2) is 9.40. The fraction of sp³-hybridized carbons (Fsp3) is 0.391. The molecule has 1 amide bonds. The lowest BCUT2D eigenvalue weighted by Crippen LogP contribution is -2.39. The van der Waals surface area contributed by atoms with E-state index >= 15 is 0 Å². The molecule has 2 aromatic carbocycles. The highest BCUT2D eigenvalue weighted by Gasteiger charge is 2.24. The summed E-state index contributed by atoms with van der Waals surface area (Å²) in [6.45, 7) is 8.55. The van der Waals surface area contributed by atoms with Crippen molar-refractivity contribution in [3.8, 4) is 0 Å². The van der Waals surface area contributed by atoms with Gasteiger partial charge < -0.3 is 16.0 Å². The maximum Gasteiger partial charge on any atom is 0.225 e. The van der Waals surface area contributed by atoms with Gasteiger partial charge >= 0.3 is 0 Å². The van der Waals surface area contributed by atoms with Crippen LogP contribution in [0.25, 0.3) is 0 Å². The normalized spacial score (nSPS) is 16.3. The molecule has 0 saturated carbocycles. The van der Waals surface area contributed by atoms with Gasteiger partial charge in [-0.05, 0) is 49.9 Å². The van der Waals surface area contributed by atoms with Gasteiger partial charge in [-0.2, -0.15) is 0 Å². The molecule has 0 saturated heterocycles. The van der Waals surface area contributed by atoms with Crippen molar-refractivity contribution in [2.24, 2.45) is 4.99 Å². The Bertz CT molecular complexity index is 859. The van der Waals surface area contributed by atoms with E-state index in [1.54, 1.807) is 0 Å². The minimum atomic E-state index is 0.0618. The fourth-order valence-corrected chi connectivity index (χ4v) is 3.65. The molecule has 0 fully saturated rings. The van der Waals surface area contributed by atoms with Gasteiger partial charge in [0.05, 0.1) is 6.54 Å². The highest BCUT2D eigenvalue weighted by Crippen LogP contribution is 2.31. The third-order valence-electron chi connectivity index (χ3n) is 5.11. The molecule has 0 aliphatic carbocycles. The lowest BCUT2D eigenvalue weighted by Gasteiger charge is -2.24. The maximum absolute atomic E-state index is 12.0. The zero-order chi connectivity index (χ0) is 19.9. The van der Waals surface area contributed by atoms with Crippen molar-refractivity contribution >= 4 is 17.6 Å². The molecule has 0 bridgehead atoms. The van der Waals surface area contributed by atoms with Crippen LogP contribution in [0.4, 0.5) is 5.69 Å². The zero-order valence-electron chi connectivity index (χ0n) is 17.0. The molecule has 1 unspecified atom stereocenters. The first-order valence-corrected chi connectivity index (χ1v) is 10.0. The number of hydrogen-bond acceptors (Lipinski definition) is 2. The van der Waals surface area contributed by atoms with Gasteiger partial charge in [0, 0.05) is 31.1 Å². The number of aryl methyl sites for hydroxylation is 2. The Labute approximate surface area is 167 Å². The van der Waals surface area contributed by atoms with Crippen LogP contribution in [0.2, 0.25) is 0 Å². The summed E-state index contributed by atoms with van der Waals surface area (Å²) in [5, 5.41) is 9.68. The molecule has 1 atom stereocenters. The standard InChI is InChI=1S/C23H30N4O/c1-4-24-23(25-12-11-18-10-9-16(2)13-17(18)3)26-15-19-14-22(28)27-21-8-6-5-7-20(19)21/h5-10,13,19H,4,11-12,14-15H2,1-3H3,(H,27,28)(H2,24,25,26). The summed E-state index contributed by atoms with van der Waals surface area (Å²) in [6.07, 6.45) is 1.42. The molecule has 2 aromatic rings. The van der Waals surface area contributed by atoms with Gasteiger partial charge in [-0.3, -0.25) is 9.79 Å². The van der Waals surface area contributed by atoms with Gasteiger partial charge in [0.2, 0.25) is 5.91 Å². The molecule has 0 aromatic heterocycles. The average Bonchev–Trinajstić information content (AvgIpc) is 2.67. The lowest BCUT2D eigenvalue weighted by atomic mass is 9.91. The predicted molar refractivity (Wildman–Crippen MR) is 116 cm³/mol. The van der Waals surface area contributed by atoms with E-state index in [4.69, 9.17) is 4.99 Å². The van der Waals surface area contributed by atoms with Crippen LogP contribution >= 0.6 is 0 Å². The van der Waals surface area contributed by atoms with E-state index in [0.29, 0.717) is 13.0 Å². The van der Waals surface area contributed by atoms with Crippen molar-refractivity contribution in [1.82, 2.24) is 10.6 Å². The highest BCUT2D eigenvalue weighted by molar-refractivity contribution is 5.94. The molecule has 28 heavy (non-hydrogen) atoms. The summed E-state index contributed by atoms with van der Waals surface area (Å²) in [5.74, 6) is 0.974. The van der Waals surface area contributed by atoms with Crippen LogP contribution < -0.4 is 16.0 Å². The number of carbonyl (C=O) groups excluding carboxylic acids is 1. The van der Waals surface area contributed by atoms with Gasteiger partial charge in [0.25, 0.3) is 0 Å². The van der Waals surface area contributed by atoms with Crippen LogP contribution in [0.1, 0.15) is 41.5 Å². The molecule has 1 aliphatic heterocycles. The van der Waals surface area contributed by atoms with Crippen LogP contribution in [-0.4, -0.2) is 31.5 Å². The van der Waals surface area contributed by atoms with E-state index in [1.165, 1.54) is 16.7 Å². The monoisotopic (exact) mass is 378 g/mol. The van der Waals surface area contributed by atoms with Gasteiger partial charge in [0.1, 0.15) is 0 Å². The summed E-state index contributed by atoms with van der Waals surface area (Å²) in [5.41, 5.74) is 6.05. The minimum Gasteiger partial charge on any atom is -0.357 e. The number of anilines is 1. The first-order chi connectivity index (χ1) is 13.6. The molecule has 5 heteroatoms. The topological polar surface area (TPSA) is 65.5 Å². The van der Waals surface area contributed by atoms with Gasteiger partial charge in [0.15, 0.2) is 5.96 Å². The molecule has 148 valence electrons. The summed E-state index contributed by atoms with van der Waals surface area (Å²) in [4.78, 5) is 16.8. The second-order valence-corrected chi connectivity index (χ2v) is 7.36. The number of para-hydroxylation sites is 1. The number of aliphatic imine (C=N–C) groups is 1. The summed E-state index contributed by atoms with van der Waals surface area (Å²) in [7, 11) is 0. The quantitative estimate of drug-likeness (QED) is 0.532. The van der Waals surface area contributed by atoms with E-state index in [1.807, 2.05) is 18.2 Å². The summed E-state index contributed by atoms with van der Waals surface area (Å²) < 4.78 is 0. The van der Waals surface area contributed by atoms with Crippen molar-refractivity contribution in [2.45, 2.75) is 39.5 Å². The summed E-state index contributed by atoms with van der Waals surface area (Å²) in [6, 6.07) is 14.6. The Morgan fingerprint density at radius 3 is 2.79 bits per heavy atom. The Balaban J connectivity index is 1.62. The van der Waals surface area contributed by atoms with Gasteiger partial charge in [-0.15, -0.1) is 0 Å². The fourth-order valence-electron chi connectivity index (χ4n) is 3.65. The van der Waals surface area contributed by atoms with Crippen molar-refractivity contribution in [1.29, 1.82) is 0 Å². The zero-order valence-corrected chi connectivity index (χ0v) is 17.0. The number of benzene rings is 2. The highest BCUT2D eigenvalue weighted by atomic mass is 16.1. The molecular weight excluding hydrogens is 348 g/mol. The van der Waals surface area contributed by atoms with Crippen molar-refractivity contribution in [2.75, 3.05) is 25.0 Å². The number of guanidine groups is 1. The van der Waals surface area contributed by atoms with Gasteiger partial charge in [-0.25, -0.2) is 0 Å². The maximum atomic E-state index is 12.0. The number of carbonyl (C=O) groups is 1. The third-order valence-corrected chi connectivity index (χ3v) is 5.11. The predicted octanol–water partition coefficient (Wildman–Crippen LogP) is 3.53. The largest absolute Gasteiger partial charge is 0.357 e. The van der Waals surface area contributed by atoms with Gasteiger partial charge in [-0.1, -0.05) is 42.0 Å². The third kappa shape index (κ3) is 5.12. The average molecular weight is 379 g/mol. The first kappa shape index (κ1) is 19.9. The molecule has 3 rings (SSSR count). The number of nitrogens with zero attached hydrogens (tertiary/aromatic N) is 1. The Morgan fingerprint density at radius 1 is 1.18 bits per heavy atom. The molecule has 3 N–H and O–H groups in total. The molecule has 0 radical (unpaired) electrons. The first-order valence-electron chi connectivity index (χ1n) is 10.0. The SMILES string of the molecule is CCNC(=NCC1CC(=O)Nc2ccccc21)NCCc1ccc(C)cc1C.